The molecule has 14 nitrogen and oxygen atoms in total. The number of hydrogen-bond acceptors (Lipinski definition) is 13. The minimum atomic E-state index is -1.78. The van der Waals surface area contributed by atoms with Crippen molar-refractivity contribution in [3.05, 3.63) is 12.2 Å². The number of unbranched alkanes of at least 4 members (excludes halogenated alkanes) is 15. The van der Waals surface area contributed by atoms with Crippen LogP contribution in [0.1, 0.15) is 129 Å². The SMILES string of the molecule is CCCCCCCCCCC/C=C/C(O)C(COC1OC(CO)C(OC2OC(CO)C(O)C(O)C2O)C(O)C1O)NC(=O)CCCCCCCCC. The van der Waals surface area contributed by atoms with Crippen LogP contribution >= 0.6 is 0 Å². The standard InChI is InChI=1S/C38H71NO13/c1-3-5-7-9-11-12-13-14-16-17-19-21-27(42)26(39-30(43)22-20-18-15-10-8-6-4-2)25-49-37-35(48)33(46)36(29(24-41)51-37)52-38-34(47)32(45)31(44)28(23-40)50-38/h19,21,26-29,31-38,40-42,44-48H,3-18,20,22-25H2,1-2H3,(H,39,43)/b21-19+. The molecule has 2 rings (SSSR count). The van der Waals surface area contributed by atoms with E-state index in [9.17, 15) is 45.6 Å². The van der Waals surface area contributed by atoms with Crippen molar-refractivity contribution in [1.29, 1.82) is 0 Å². The fraction of sp³-hybridized carbons (Fsp3) is 0.921. The Morgan fingerprint density at radius 3 is 1.77 bits per heavy atom. The molecule has 0 aromatic rings. The van der Waals surface area contributed by atoms with Gasteiger partial charge in [-0.2, -0.15) is 0 Å². The number of carbonyl (C=O) groups is 1. The van der Waals surface area contributed by atoms with Crippen LogP contribution in [-0.4, -0.2) is 140 Å². The van der Waals surface area contributed by atoms with Crippen LogP contribution in [0.5, 0.6) is 0 Å². The van der Waals surface area contributed by atoms with Gasteiger partial charge in [0.25, 0.3) is 0 Å². The summed E-state index contributed by atoms with van der Waals surface area (Å²) in [6.07, 6.45) is 5.85. The van der Waals surface area contributed by atoms with E-state index < -0.39 is 86.8 Å². The van der Waals surface area contributed by atoms with Crippen molar-refractivity contribution in [2.75, 3.05) is 19.8 Å². The predicted octanol–water partition coefficient (Wildman–Crippen LogP) is 2.09. The molecule has 306 valence electrons. The van der Waals surface area contributed by atoms with Crippen LogP contribution in [0.4, 0.5) is 0 Å². The van der Waals surface area contributed by atoms with Crippen LogP contribution in [0.2, 0.25) is 0 Å². The summed E-state index contributed by atoms with van der Waals surface area (Å²) in [7, 11) is 0. The van der Waals surface area contributed by atoms with Gasteiger partial charge in [-0.1, -0.05) is 116 Å². The normalized spacial score (nSPS) is 30.8. The molecule has 0 radical (unpaired) electrons. The molecule has 2 aliphatic rings. The maximum absolute atomic E-state index is 12.9. The zero-order valence-corrected chi connectivity index (χ0v) is 31.6. The minimum absolute atomic E-state index is 0.250. The first-order chi connectivity index (χ1) is 25.1. The zero-order valence-electron chi connectivity index (χ0n) is 31.6. The second-order valence-corrected chi connectivity index (χ2v) is 14.4. The van der Waals surface area contributed by atoms with Crippen molar-refractivity contribution in [1.82, 2.24) is 5.32 Å². The topological polar surface area (TPSA) is 228 Å². The Hall–Kier alpha value is -1.27. The smallest absolute Gasteiger partial charge is 0.220 e. The highest BCUT2D eigenvalue weighted by molar-refractivity contribution is 5.76. The summed E-state index contributed by atoms with van der Waals surface area (Å²) in [6, 6.07) is -0.903. The van der Waals surface area contributed by atoms with E-state index in [1.165, 1.54) is 64.2 Å². The number of nitrogens with one attached hydrogen (secondary N) is 1. The monoisotopic (exact) mass is 749 g/mol. The molecule has 14 heteroatoms. The highest BCUT2D eigenvalue weighted by atomic mass is 16.7. The van der Waals surface area contributed by atoms with Crippen LogP contribution in [-0.2, 0) is 23.7 Å². The van der Waals surface area contributed by atoms with Crippen molar-refractivity contribution < 1.29 is 64.6 Å². The first-order valence-corrected chi connectivity index (χ1v) is 19.9. The Kier molecular flexibility index (Phi) is 24.6. The van der Waals surface area contributed by atoms with Crippen LogP contribution in [0.15, 0.2) is 12.2 Å². The number of hydrogen-bond donors (Lipinski definition) is 9. The molecule has 2 heterocycles. The minimum Gasteiger partial charge on any atom is -0.394 e. The lowest BCUT2D eigenvalue weighted by atomic mass is 9.97. The lowest BCUT2D eigenvalue weighted by molar-refractivity contribution is -0.359. The van der Waals surface area contributed by atoms with Gasteiger partial charge in [-0.25, -0.2) is 0 Å². The zero-order chi connectivity index (χ0) is 38.3. The van der Waals surface area contributed by atoms with E-state index in [0.717, 1.165) is 38.5 Å². The lowest BCUT2D eigenvalue weighted by Crippen LogP contribution is -2.65. The van der Waals surface area contributed by atoms with Crippen molar-refractivity contribution in [2.45, 2.75) is 203 Å². The van der Waals surface area contributed by atoms with E-state index in [-0.39, 0.29) is 18.9 Å². The Morgan fingerprint density at radius 2 is 1.19 bits per heavy atom. The van der Waals surface area contributed by atoms with Gasteiger partial charge in [0.15, 0.2) is 12.6 Å². The third-order valence-corrected chi connectivity index (χ3v) is 9.97. The number of ether oxygens (including phenoxy) is 4. The van der Waals surface area contributed by atoms with Crippen LogP contribution in [0, 0.1) is 0 Å². The number of aliphatic hydroxyl groups is 8. The van der Waals surface area contributed by atoms with Gasteiger partial charge in [-0.3, -0.25) is 4.79 Å². The number of aliphatic hydroxyl groups excluding tert-OH is 8. The number of amides is 1. The van der Waals surface area contributed by atoms with Gasteiger partial charge < -0.3 is 65.1 Å². The molecule has 0 spiro atoms. The van der Waals surface area contributed by atoms with E-state index in [0.29, 0.717) is 6.42 Å². The molecule has 9 N–H and O–H groups in total. The number of carbonyl (C=O) groups excluding carboxylic acids is 1. The Balaban J connectivity index is 1.97. The van der Waals surface area contributed by atoms with Gasteiger partial charge in [0.2, 0.25) is 5.91 Å². The number of rotatable bonds is 28. The fourth-order valence-electron chi connectivity index (χ4n) is 6.58. The molecule has 0 aromatic heterocycles. The van der Waals surface area contributed by atoms with Crippen LogP contribution in [0.25, 0.3) is 0 Å². The Morgan fingerprint density at radius 1 is 0.673 bits per heavy atom. The van der Waals surface area contributed by atoms with E-state index in [4.69, 9.17) is 18.9 Å². The maximum Gasteiger partial charge on any atom is 0.220 e. The molecule has 12 atom stereocenters. The molecular formula is C38H71NO13. The quantitative estimate of drug-likeness (QED) is 0.0413. The first kappa shape index (κ1) is 46.9. The van der Waals surface area contributed by atoms with E-state index in [1.807, 2.05) is 6.08 Å². The number of allylic oxidation sites excluding steroid dienone is 1. The van der Waals surface area contributed by atoms with Gasteiger partial charge in [-0.15, -0.1) is 0 Å². The van der Waals surface area contributed by atoms with Crippen LogP contribution < -0.4 is 5.32 Å². The van der Waals surface area contributed by atoms with Crippen molar-refractivity contribution in [3.63, 3.8) is 0 Å². The largest absolute Gasteiger partial charge is 0.394 e. The molecule has 0 bridgehead atoms. The summed E-state index contributed by atoms with van der Waals surface area (Å²) in [4.78, 5) is 12.9. The van der Waals surface area contributed by atoms with Gasteiger partial charge in [0.1, 0.15) is 48.8 Å². The first-order valence-electron chi connectivity index (χ1n) is 19.9. The molecule has 52 heavy (non-hydrogen) atoms. The third-order valence-electron chi connectivity index (χ3n) is 9.97. The summed E-state index contributed by atoms with van der Waals surface area (Å²) in [5, 5.41) is 85.9. The molecule has 2 aliphatic heterocycles. The fourth-order valence-corrected chi connectivity index (χ4v) is 6.58. The molecule has 0 aromatic carbocycles. The molecule has 1 amide bonds. The molecule has 2 fully saturated rings. The third kappa shape index (κ3) is 16.6. The van der Waals surface area contributed by atoms with Crippen molar-refractivity contribution in [2.24, 2.45) is 0 Å². The van der Waals surface area contributed by atoms with E-state index >= 15 is 0 Å². The molecule has 2 saturated heterocycles. The highest BCUT2D eigenvalue weighted by Gasteiger charge is 2.50. The summed E-state index contributed by atoms with van der Waals surface area (Å²) in [5.41, 5.74) is 0. The van der Waals surface area contributed by atoms with Crippen molar-refractivity contribution in [3.8, 4) is 0 Å². The summed E-state index contributed by atoms with van der Waals surface area (Å²) < 4.78 is 22.5. The second kappa shape index (κ2) is 27.3. The molecule has 0 saturated carbocycles. The Labute approximate surface area is 310 Å². The lowest BCUT2D eigenvalue weighted by Gasteiger charge is -2.46. The van der Waals surface area contributed by atoms with Gasteiger partial charge in [-0.05, 0) is 19.3 Å². The summed E-state index contributed by atoms with van der Waals surface area (Å²) >= 11 is 0. The highest BCUT2D eigenvalue weighted by Crippen LogP contribution is 2.29. The second-order valence-electron chi connectivity index (χ2n) is 14.4. The van der Waals surface area contributed by atoms with Gasteiger partial charge in [0.05, 0.1) is 32.0 Å². The summed E-state index contributed by atoms with van der Waals surface area (Å²) in [5.74, 6) is -0.250. The van der Waals surface area contributed by atoms with Gasteiger partial charge in [0, 0.05) is 6.42 Å². The summed E-state index contributed by atoms with van der Waals surface area (Å²) in [6.45, 7) is 2.67. The van der Waals surface area contributed by atoms with Gasteiger partial charge >= 0.3 is 0 Å². The van der Waals surface area contributed by atoms with Crippen molar-refractivity contribution >= 4 is 5.91 Å². The maximum atomic E-state index is 12.9. The molecule has 12 unspecified atom stereocenters. The van der Waals surface area contributed by atoms with E-state index in [2.05, 4.69) is 19.2 Å². The van der Waals surface area contributed by atoms with Crippen LogP contribution in [0.3, 0.4) is 0 Å². The molecular weight excluding hydrogens is 678 g/mol. The average Bonchev–Trinajstić information content (AvgIpc) is 3.14. The predicted molar refractivity (Wildman–Crippen MR) is 194 cm³/mol. The van der Waals surface area contributed by atoms with E-state index in [1.54, 1.807) is 6.08 Å². The Bertz CT molecular complexity index is 941. The molecule has 0 aliphatic carbocycles. The average molecular weight is 750 g/mol.